The molecule has 0 aliphatic heterocycles. The lowest BCUT2D eigenvalue weighted by molar-refractivity contribution is 0.399. The molecule has 0 bridgehead atoms. The average Bonchev–Trinajstić information content (AvgIpc) is 2.37. The van der Waals surface area contributed by atoms with E-state index in [0.29, 0.717) is 5.88 Å². The molecule has 0 aromatic carbocycles. The maximum Gasteiger partial charge on any atom is 0.231 e. The molecule has 3 heteroatoms. The molecule has 0 amide bonds. The van der Waals surface area contributed by atoms with E-state index in [2.05, 4.69) is 11.9 Å². The highest BCUT2D eigenvalue weighted by Crippen LogP contribution is 2.04. The third-order valence-corrected chi connectivity index (χ3v) is 1.30. The lowest BCUT2D eigenvalue weighted by atomic mass is 10.5. The van der Waals surface area contributed by atoms with E-state index >= 15 is 0 Å². The van der Waals surface area contributed by atoms with E-state index in [9.17, 15) is 0 Å². The quantitative estimate of drug-likeness (QED) is 0.632. The summed E-state index contributed by atoms with van der Waals surface area (Å²) in [4.78, 5) is 3.99. The molecule has 0 N–H and O–H groups in total. The first-order valence-corrected chi connectivity index (χ1v) is 3.42. The summed E-state index contributed by atoms with van der Waals surface area (Å²) >= 11 is 0. The van der Waals surface area contributed by atoms with Crippen LogP contribution >= 0.6 is 0 Å². The lowest BCUT2D eigenvalue weighted by Gasteiger charge is -1.94. The van der Waals surface area contributed by atoms with Gasteiger partial charge in [0, 0.05) is 6.54 Å². The highest BCUT2D eigenvalue weighted by atomic mass is 16.5. The fourth-order valence-corrected chi connectivity index (χ4v) is 0.825. The van der Waals surface area contributed by atoms with Crippen LogP contribution in [0.5, 0.6) is 5.88 Å². The summed E-state index contributed by atoms with van der Waals surface area (Å²) in [5.74, 6) is 0.688. The molecule has 0 radical (unpaired) electrons. The molecule has 0 atom stereocenters. The van der Waals surface area contributed by atoms with Crippen molar-refractivity contribution >= 4 is 0 Å². The fourth-order valence-electron chi connectivity index (χ4n) is 0.825. The smallest absolute Gasteiger partial charge is 0.231 e. The second kappa shape index (κ2) is 3.25. The molecule has 56 valence electrons. The van der Waals surface area contributed by atoms with Crippen LogP contribution in [-0.2, 0) is 6.54 Å². The van der Waals surface area contributed by atoms with Gasteiger partial charge in [0.2, 0.25) is 5.88 Å². The summed E-state index contributed by atoms with van der Waals surface area (Å²) in [5.41, 5.74) is 0. The minimum absolute atomic E-state index is 0.688. The molecule has 0 fully saturated rings. The third kappa shape index (κ3) is 1.50. The van der Waals surface area contributed by atoms with Crippen molar-refractivity contribution in [2.75, 3.05) is 7.11 Å². The standard InChI is InChI=1S/C7H12N2O/c1-3-4-9-5-7(10-2)8-6-9/h5-6H,3-4H2,1-2H3. The van der Waals surface area contributed by atoms with E-state index < -0.39 is 0 Å². The van der Waals surface area contributed by atoms with Crippen molar-refractivity contribution in [2.24, 2.45) is 0 Å². The maximum atomic E-state index is 4.91. The molecule has 10 heavy (non-hydrogen) atoms. The third-order valence-electron chi connectivity index (χ3n) is 1.30. The summed E-state index contributed by atoms with van der Waals surface area (Å²) in [5, 5.41) is 0. The van der Waals surface area contributed by atoms with Gasteiger partial charge in [-0.1, -0.05) is 6.92 Å². The predicted molar refractivity (Wildman–Crippen MR) is 39.1 cm³/mol. The normalized spacial score (nSPS) is 9.80. The van der Waals surface area contributed by atoms with Gasteiger partial charge in [-0.05, 0) is 6.42 Å². The number of nitrogens with zero attached hydrogens (tertiary/aromatic N) is 2. The Kier molecular flexibility index (Phi) is 2.31. The number of imidazole rings is 1. The molecule has 1 aromatic rings. The van der Waals surface area contributed by atoms with Crippen molar-refractivity contribution in [2.45, 2.75) is 19.9 Å². The van der Waals surface area contributed by atoms with Gasteiger partial charge in [-0.2, -0.15) is 0 Å². The predicted octanol–water partition coefficient (Wildman–Crippen LogP) is 1.30. The van der Waals surface area contributed by atoms with Crippen molar-refractivity contribution in [3.05, 3.63) is 12.5 Å². The number of hydrogen-bond donors (Lipinski definition) is 0. The molecule has 1 heterocycles. The Labute approximate surface area is 60.6 Å². The van der Waals surface area contributed by atoms with Crippen LogP contribution in [-0.4, -0.2) is 16.7 Å². The Morgan fingerprint density at radius 3 is 3.00 bits per heavy atom. The summed E-state index contributed by atoms with van der Waals surface area (Å²) in [6.07, 6.45) is 4.80. The van der Waals surface area contributed by atoms with Gasteiger partial charge in [-0.15, -0.1) is 0 Å². The minimum Gasteiger partial charge on any atom is -0.480 e. The Hall–Kier alpha value is -0.990. The highest BCUT2D eigenvalue weighted by molar-refractivity contribution is 5.02. The van der Waals surface area contributed by atoms with Crippen LogP contribution in [0.4, 0.5) is 0 Å². The first-order chi connectivity index (χ1) is 4.86. The molecular formula is C7H12N2O. The molecule has 1 aromatic heterocycles. The molecule has 3 nitrogen and oxygen atoms in total. The summed E-state index contributed by atoms with van der Waals surface area (Å²) in [7, 11) is 1.62. The van der Waals surface area contributed by atoms with Crippen LogP contribution in [0.2, 0.25) is 0 Å². The van der Waals surface area contributed by atoms with E-state index in [1.165, 1.54) is 0 Å². The molecule has 0 unspecified atom stereocenters. The van der Waals surface area contributed by atoms with Crippen molar-refractivity contribution < 1.29 is 4.74 Å². The van der Waals surface area contributed by atoms with Gasteiger partial charge in [0.1, 0.15) is 0 Å². The molecule has 0 aliphatic rings. The topological polar surface area (TPSA) is 27.1 Å². The first-order valence-electron chi connectivity index (χ1n) is 3.42. The van der Waals surface area contributed by atoms with Gasteiger partial charge in [-0.3, -0.25) is 0 Å². The van der Waals surface area contributed by atoms with Crippen LogP contribution in [0.25, 0.3) is 0 Å². The Balaban J connectivity index is 2.59. The van der Waals surface area contributed by atoms with Gasteiger partial charge < -0.3 is 9.30 Å². The minimum atomic E-state index is 0.688. The van der Waals surface area contributed by atoms with Crippen LogP contribution in [0.1, 0.15) is 13.3 Å². The zero-order chi connectivity index (χ0) is 7.40. The number of aryl methyl sites for hydroxylation is 1. The first kappa shape index (κ1) is 7.12. The second-order valence-corrected chi connectivity index (χ2v) is 2.15. The maximum absolute atomic E-state index is 4.91. The van der Waals surface area contributed by atoms with Crippen LogP contribution < -0.4 is 4.74 Å². The van der Waals surface area contributed by atoms with Crippen molar-refractivity contribution in [3.8, 4) is 5.88 Å². The molecule has 0 saturated carbocycles. The van der Waals surface area contributed by atoms with E-state index in [4.69, 9.17) is 4.74 Å². The largest absolute Gasteiger partial charge is 0.480 e. The summed E-state index contributed by atoms with van der Waals surface area (Å²) < 4.78 is 6.92. The van der Waals surface area contributed by atoms with Gasteiger partial charge in [-0.25, -0.2) is 4.98 Å². The van der Waals surface area contributed by atoms with Crippen LogP contribution in [0.3, 0.4) is 0 Å². The van der Waals surface area contributed by atoms with Gasteiger partial charge in [0.25, 0.3) is 0 Å². The van der Waals surface area contributed by atoms with Crippen molar-refractivity contribution in [3.63, 3.8) is 0 Å². The van der Waals surface area contributed by atoms with Crippen molar-refractivity contribution in [1.82, 2.24) is 9.55 Å². The Morgan fingerprint density at radius 2 is 2.50 bits per heavy atom. The summed E-state index contributed by atoms with van der Waals surface area (Å²) in [6, 6.07) is 0. The average molecular weight is 140 g/mol. The molecule has 0 aliphatic carbocycles. The highest BCUT2D eigenvalue weighted by Gasteiger charge is 1.93. The van der Waals surface area contributed by atoms with E-state index in [-0.39, 0.29) is 0 Å². The zero-order valence-electron chi connectivity index (χ0n) is 6.37. The fraction of sp³-hybridized carbons (Fsp3) is 0.571. The lowest BCUT2D eigenvalue weighted by Crippen LogP contribution is -1.90. The molecular weight excluding hydrogens is 128 g/mol. The monoisotopic (exact) mass is 140 g/mol. The number of ether oxygens (including phenoxy) is 1. The number of rotatable bonds is 3. The second-order valence-electron chi connectivity index (χ2n) is 2.15. The SMILES string of the molecule is CCCn1cnc(OC)c1. The Bertz CT molecular complexity index is 195. The molecule has 0 spiro atoms. The van der Waals surface area contributed by atoms with E-state index in [1.807, 2.05) is 10.8 Å². The van der Waals surface area contributed by atoms with Crippen LogP contribution in [0, 0.1) is 0 Å². The van der Waals surface area contributed by atoms with Crippen molar-refractivity contribution in [1.29, 1.82) is 0 Å². The van der Waals surface area contributed by atoms with E-state index in [1.54, 1.807) is 13.4 Å². The van der Waals surface area contributed by atoms with E-state index in [0.717, 1.165) is 13.0 Å². The molecule has 0 saturated heterocycles. The number of methoxy groups -OCH3 is 1. The number of aromatic nitrogens is 2. The van der Waals surface area contributed by atoms with Gasteiger partial charge in [0.15, 0.2) is 0 Å². The van der Waals surface area contributed by atoms with Gasteiger partial charge in [0.05, 0.1) is 19.6 Å². The van der Waals surface area contributed by atoms with Crippen LogP contribution in [0.15, 0.2) is 12.5 Å². The zero-order valence-corrected chi connectivity index (χ0v) is 6.37. The summed E-state index contributed by atoms with van der Waals surface area (Å²) in [6.45, 7) is 3.14. The van der Waals surface area contributed by atoms with Gasteiger partial charge >= 0.3 is 0 Å². The number of hydrogen-bond acceptors (Lipinski definition) is 2. The molecule has 1 rings (SSSR count). The Morgan fingerprint density at radius 1 is 1.70 bits per heavy atom.